The minimum absolute atomic E-state index is 0.00421. The largest absolute Gasteiger partial charge is 0.393 e. The molecule has 0 aromatic carbocycles. The van der Waals surface area contributed by atoms with Crippen LogP contribution in [0, 0.1) is 28.6 Å². The Morgan fingerprint density at radius 1 is 1.32 bits per heavy atom. The van der Waals surface area contributed by atoms with Crippen molar-refractivity contribution in [2.45, 2.75) is 63.9 Å². The van der Waals surface area contributed by atoms with E-state index in [2.05, 4.69) is 6.92 Å². The summed E-state index contributed by atoms with van der Waals surface area (Å²) < 4.78 is 4.78. The molecule has 0 amide bonds. The average molecular weight is 390 g/mol. The monoisotopic (exact) mass is 390 g/mol. The molecule has 154 valence electrons. The summed E-state index contributed by atoms with van der Waals surface area (Å²) in [5.41, 5.74) is -1.85. The van der Waals surface area contributed by atoms with Crippen LogP contribution in [0.3, 0.4) is 0 Å². The van der Waals surface area contributed by atoms with Gasteiger partial charge in [0, 0.05) is 23.9 Å². The zero-order valence-electron chi connectivity index (χ0n) is 16.7. The fraction of sp³-hybridized carbons (Fsp3) is 0.727. The smallest absolute Gasteiger partial charge is 0.220 e. The molecular formula is C22H30O6. The minimum Gasteiger partial charge on any atom is -0.393 e. The summed E-state index contributed by atoms with van der Waals surface area (Å²) in [7, 11) is 1.24. The second-order valence-corrected chi connectivity index (χ2v) is 9.56. The Morgan fingerprint density at radius 2 is 2.04 bits per heavy atom. The lowest BCUT2D eigenvalue weighted by Crippen LogP contribution is -2.62. The summed E-state index contributed by atoms with van der Waals surface area (Å²) in [5.74, 6) is -0.579. The predicted octanol–water partition coefficient (Wildman–Crippen LogP) is 1.53. The number of aliphatic hydroxyl groups is 3. The van der Waals surface area contributed by atoms with Gasteiger partial charge in [0.15, 0.2) is 5.78 Å². The highest BCUT2D eigenvalue weighted by Crippen LogP contribution is 2.67. The fourth-order valence-electron chi connectivity index (χ4n) is 7.05. The van der Waals surface area contributed by atoms with Gasteiger partial charge in [0.25, 0.3) is 0 Å². The van der Waals surface area contributed by atoms with E-state index in [9.17, 15) is 24.9 Å². The summed E-state index contributed by atoms with van der Waals surface area (Å²) in [5, 5.41) is 32.6. The van der Waals surface area contributed by atoms with Gasteiger partial charge in [-0.2, -0.15) is 0 Å². The molecule has 6 heteroatoms. The summed E-state index contributed by atoms with van der Waals surface area (Å²) in [6.45, 7) is 3.96. The zero-order chi connectivity index (χ0) is 20.5. The lowest BCUT2D eigenvalue weighted by atomic mass is 9.46. The van der Waals surface area contributed by atoms with Crippen LogP contribution < -0.4 is 0 Å². The highest BCUT2D eigenvalue weighted by Gasteiger charge is 2.68. The van der Waals surface area contributed by atoms with Crippen LogP contribution in [-0.2, 0) is 14.3 Å². The van der Waals surface area contributed by atoms with Gasteiger partial charge in [-0.15, -0.1) is 0 Å². The van der Waals surface area contributed by atoms with Crippen LogP contribution in [0.25, 0.3) is 0 Å². The van der Waals surface area contributed by atoms with Gasteiger partial charge in [0.1, 0.15) is 5.60 Å². The molecule has 0 aromatic rings. The maximum Gasteiger partial charge on any atom is 0.220 e. The van der Waals surface area contributed by atoms with Gasteiger partial charge in [0.05, 0.1) is 6.10 Å². The Bertz CT molecular complexity index is 771. The molecule has 0 spiro atoms. The highest BCUT2D eigenvalue weighted by molar-refractivity contribution is 6.01. The number of hydrogen-bond acceptors (Lipinski definition) is 6. The van der Waals surface area contributed by atoms with Gasteiger partial charge >= 0.3 is 0 Å². The molecule has 3 fully saturated rings. The SMILES string of the molecule is COC(O)C(=O)[C@@]1(O)CC[C@H]2[C@@H]3CCC4=CC(=O)C=C[C@]4(C)[C@H]3[C@@H](O)C[C@@]21C. The van der Waals surface area contributed by atoms with E-state index in [1.165, 1.54) is 7.11 Å². The molecule has 8 atom stereocenters. The van der Waals surface area contributed by atoms with Crippen molar-refractivity contribution >= 4 is 11.6 Å². The minimum atomic E-state index is -1.71. The maximum absolute atomic E-state index is 12.8. The summed E-state index contributed by atoms with van der Waals surface area (Å²) in [6.07, 6.45) is 5.67. The Balaban J connectivity index is 1.72. The Kier molecular flexibility index (Phi) is 4.51. The van der Waals surface area contributed by atoms with Crippen molar-refractivity contribution in [3.8, 4) is 0 Å². The molecule has 3 N–H and O–H groups in total. The van der Waals surface area contributed by atoms with Crippen molar-refractivity contribution < 1.29 is 29.6 Å². The summed E-state index contributed by atoms with van der Waals surface area (Å²) >= 11 is 0. The zero-order valence-corrected chi connectivity index (χ0v) is 16.7. The van der Waals surface area contributed by atoms with E-state index < -0.39 is 29.2 Å². The van der Waals surface area contributed by atoms with Crippen molar-refractivity contribution in [1.82, 2.24) is 0 Å². The van der Waals surface area contributed by atoms with Gasteiger partial charge in [0.2, 0.25) is 12.1 Å². The fourth-order valence-corrected chi connectivity index (χ4v) is 7.05. The van der Waals surface area contributed by atoms with Gasteiger partial charge in [-0.1, -0.05) is 25.5 Å². The number of rotatable bonds is 3. The highest BCUT2D eigenvalue weighted by atomic mass is 16.6. The van der Waals surface area contributed by atoms with Crippen LogP contribution in [0.5, 0.6) is 0 Å². The summed E-state index contributed by atoms with van der Waals surface area (Å²) in [6, 6.07) is 0. The predicted molar refractivity (Wildman–Crippen MR) is 101 cm³/mol. The van der Waals surface area contributed by atoms with Gasteiger partial charge in [-0.05, 0) is 56.1 Å². The molecule has 4 aliphatic rings. The second-order valence-electron chi connectivity index (χ2n) is 9.56. The van der Waals surface area contributed by atoms with E-state index in [4.69, 9.17) is 4.74 Å². The molecule has 0 bridgehead atoms. The third-order valence-corrected chi connectivity index (χ3v) is 8.50. The van der Waals surface area contributed by atoms with Crippen molar-refractivity contribution in [1.29, 1.82) is 0 Å². The molecule has 0 saturated heterocycles. The third kappa shape index (κ3) is 2.41. The number of ketones is 2. The second kappa shape index (κ2) is 6.33. The van der Waals surface area contributed by atoms with Crippen molar-refractivity contribution in [3.63, 3.8) is 0 Å². The van der Waals surface area contributed by atoms with E-state index in [0.717, 1.165) is 18.4 Å². The average Bonchev–Trinajstić information content (AvgIpc) is 2.92. The molecule has 28 heavy (non-hydrogen) atoms. The van der Waals surface area contributed by atoms with Crippen LogP contribution in [0.15, 0.2) is 23.8 Å². The maximum atomic E-state index is 12.8. The number of fused-ring (bicyclic) bond motifs is 5. The first kappa shape index (κ1) is 20.0. The molecule has 6 nitrogen and oxygen atoms in total. The molecular weight excluding hydrogens is 360 g/mol. The van der Waals surface area contributed by atoms with Gasteiger partial charge in [-0.25, -0.2) is 0 Å². The number of aliphatic hydroxyl groups excluding tert-OH is 2. The number of ether oxygens (including phenoxy) is 1. The lowest BCUT2D eigenvalue weighted by Gasteiger charge is -2.59. The quantitative estimate of drug-likeness (QED) is 0.632. The molecule has 1 unspecified atom stereocenters. The number of Topliss-reactive ketones (excluding diaryl/α,β-unsaturated/α-hetero) is 1. The number of carbonyl (C=O) groups excluding carboxylic acids is 2. The number of allylic oxidation sites excluding steroid dienone is 4. The van der Waals surface area contributed by atoms with E-state index in [-0.39, 0.29) is 41.8 Å². The number of hydrogen-bond donors (Lipinski definition) is 3. The molecule has 0 aromatic heterocycles. The Morgan fingerprint density at radius 3 is 2.71 bits per heavy atom. The lowest BCUT2D eigenvalue weighted by molar-refractivity contribution is -0.197. The summed E-state index contributed by atoms with van der Waals surface area (Å²) in [4.78, 5) is 24.6. The van der Waals surface area contributed by atoms with Gasteiger partial charge in [-0.3, -0.25) is 9.59 Å². The number of carbonyl (C=O) groups is 2. The Labute approximate surface area is 165 Å². The third-order valence-electron chi connectivity index (χ3n) is 8.50. The van der Waals surface area contributed by atoms with E-state index in [0.29, 0.717) is 6.42 Å². The van der Waals surface area contributed by atoms with Gasteiger partial charge < -0.3 is 20.1 Å². The van der Waals surface area contributed by atoms with Crippen LogP contribution in [0.4, 0.5) is 0 Å². The van der Waals surface area contributed by atoms with E-state index in [1.54, 1.807) is 12.2 Å². The first-order valence-electron chi connectivity index (χ1n) is 10.2. The van der Waals surface area contributed by atoms with Crippen molar-refractivity contribution in [2.75, 3.05) is 7.11 Å². The van der Waals surface area contributed by atoms with Crippen LogP contribution >= 0.6 is 0 Å². The first-order valence-corrected chi connectivity index (χ1v) is 10.2. The van der Waals surface area contributed by atoms with E-state index >= 15 is 0 Å². The van der Waals surface area contributed by atoms with Crippen LogP contribution in [-0.4, -0.2) is 52.0 Å². The Hall–Kier alpha value is -1.34. The van der Waals surface area contributed by atoms with Crippen LogP contribution in [0.1, 0.15) is 46.0 Å². The molecule has 0 radical (unpaired) electrons. The molecule has 0 aliphatic heterocycles. The van der Waals surface area contributed by atoms with Crippen molar-refractivity contribution in [3.05, 3.63) is 23.8 Å². The molecule has 4 aliphatic carbocycles. The standard InChI is InChI=1S/C22H30O6/c1-20-8-6-13(23)10-12(20)4-5-14-15-7-9-22(27,18(25)19(26)28-3)21(15,2)11-16(24)17(14)20/h6,8,10,14-17,19,24,26-27H,4-5,7,9,11H2,1-3H3/t14-,15-,16-,17+,19?,20-,21-,22-/m0/s1. The first-order chi connectivity index (χ1) is 13.1. The molecule has 4 rings (SSSR count). The van der Waals surface area contributed by atoms with E-state index in [1.807, 2.05) is 13.0 Å². The normalized spacial score (nSPS) is 48.4. The molecule has 3 saturated carbocycles. The van der Waals surface area contributed by atoms with Crippen LogP contribution in [0.2, 0.25) is 0 Å². The topological polar surface area (TPSA) is 104 Å². The van der Waals surface area contributed by atoms with Crippen molar-refractivity contribution in [2.24, 2.45) is 28.6 Å². The number of methoxy groups -OCH3 is 1. The molecule has 0 heterocycles.